The Morgan fingerprint density at radius 3 is 2.74 bits per heavy atom. The van der Waals surface area contributed by atoms with Gasteiger partial charge in [0.1, 0.15) is 5.69 Å². The van der Waals surface area contributed by atoms with Crippen molar-refractivity contribution in [2.75, 3.05) is 24.3 Å². The molecule has 6 nitrogen and oxygen atoms in total. The number of benzene rings is 1. The zero-order valence-corrected chi connectivity index (χ0v) is 13.1. The highest BCUT2D eigenvalue weighted by Crippen LogP contribution is 2.14. The Labute approximate surface area is 134 Å². The van der Waals surface area contributed by atoms with E-state index in [0.29, 0.717) is 16.9 Å². The Kier molecular flexibility index (Phi) is 5.68. The fourth-order valence-corrected chi connectivity index (χ4v) is 1.97. The molecule has 1 aromatic heterocycles. The second-order valence-corrected chi connectivity index (χ2v) is 4.88. The van der Waals surface area contributed by atoms with Crippen molar-refractivity contribution in [3.63, 3.8) is 0 Å². The van der Waals surface area contributed by atoms with Crippen molar-refractivity contribution in [2.45, 2.75) is 13.3 Å². The lowest BCUT2D eigenvalue weighted by Crippen LogP contribution is -2.14. The zero-order chi connectivity index (χ0) is 16.7. The molecular weight excluding hydrogens is 294 g/mol. The number of ether oxygens (including phenoxy) is 1. The summed E-state index contributed by atoms with van der Waals surface area (Å²) in [6.07, 6.45) is 2.57. The molecule has 23 heavy (non-hydrogen) atoms. The molecule has 1 aromatic carbocycles. The number of methoxy groups -OCH3 is 1. The fourth-order valence-electron chi connectivity index (χ4n) is 1.97. The fraction of sp³-hybridized carbons (Fsp3) is 0.235. The summed E-state index contributed by atoms with van der Waals surface area (Å²) < 4.78 is 4.66. The highest BCUT2D eigenvalue weighted by molar-refractivity contribution is 6.04. The van der Waals surface area contributed by atoms with Gasteiger partial charge in [-0.15, -0.1) is 0 Å². The third kappa shape index (κ3) is 4.54. The first-order valence-electron chi connectivity index (χ1n) is 7.33. The molecule has 1 heterocycles. The molecule has 0 spiro atoms. The number of anilines is 2. The number of carbonyl (C=O) groups excluding carboxylic acids is 2. The second kappa shape index (κ2) is 7.93. The van der Waals surface area contributed by atoms with E-state index in [4.69, 9.17) is 0 Å². The van der Waals surface area contributed by atoms with E-state index in [9.17, 15) is 9.59 Å². The molecule has 0 atom stereocenters. The number of nitrogens with zero attached hydrogens (tertiary/aromatic N) is 1. The Hall–Kier alpha value is -2.89. The Bertz CT molecular complexity index is 701. The van der Waals surface area contributed by atoms with Crippen LogP contribution >= 0.6 is 0 Å². The quantitative estimate of drug-likeness (QED) is 0.801. The molecule has 0 aliphatic rings. The summed E-state index contributed by atoms with van der Waals surface area (Å²) in [5, 5.41) is 5.93. The number of carbonyl (C=O) groups is 2. The summed E-state index contributed by atoms with van der Waals surface area (Å²) >= 11 is 0. The highest BCUT2D eigenvalue weighted by Gasteiger charge is 2.10. The minimum absolute atomic E-state index is 0.301. The lowest BCUT2D eigenvalue weighted by atomic mass is 10.2. The molecule has 2 N–H and O–H groups in total. The van der Waals surface area contributed by atoms with E-state index in [1.807, 2.05) is 6.07 Å². The van der Waals surface area contributed by atoms with Crippen LogP contribution in [0.5, 0.6) is 0 Å². The van der Waals surface area contributed by atoms with Crippen molar-refractivity contribution in [3.8, 4) is 0 Å². The average molecular weight is 313 g/mol. The maximum atomic E-state index is 12.3. The summed E-state index contributed by atoms with van der Waals surface area (Å²) in [6.45, 7) is 2.89. The van der Waals surface area contributed by atoms with E-state index in [2.05, 4.69) is 27.3 Å². The van der Waals surface area contributed by atoms with E-state index in [1.54, 1.807) is 36.5 Å². The van der Waals surface area contributed by atoms with Crippen LogP contribution in [0.3, 0.4) is 0 Å². The number of esters is 1. The molecule has 0 saturated heterocycles. The van der Waals surface area contributed by atoms with Crippen molar-refractivity contribution < 1.29 is 14.3 Å². The lowest BCUT2D eigenvalue weighted by molar-refractivity contribution is 0.0600. The number of pyridine rings is 1. The van der Waals surface area contributed by atoms with Crippen LogP contribution in [0.1, 0.15) is 34.2 Å². The van der Waals surface area contributed by atoms with Gasteiger partial charge in [0.05, 0.1) is 12.7 Å². The van der Waals surface area contributed by atoms with Gasteiger partial charge >= 0.3 is 5.97 Å². The van der Waals surface area contributed by atoms with Gasteiger partial charge in [0.25, 0.3) is 5.91 Å². The van der Waals surface area contributed by atoms with E-state index in [1.165, 1.54) is 7.11 Å². The van der Waals surface area contributed by atoms with Gasteiger partial charge in [-0.2, -0.15) is 0 Å². The summed E-state index contributed by atoms with van der Waals surface area (Å²) in [5.74, 6) is -0.794. The van der Waals surface area contributed by atoms with Crippen LogP contribution in [0, 0.1) is 0 Å². The highest BCUT2D eigenvalue weighted by atomic mass is 16.5. The Morgan fingerprint density at radius 1 is 1.17 bits per heavy atom. The molecule has 0 fully saturated rings. The monoisotopic (exact) mass is 313 g/mol. The zero-order valence-electron chi connectivity index (χ0n) is 13.1. The molecule has 120 valence electrons. The molecule has 0 aliphatic heterocycles. The molecule has 6 heteroatoms. The third-order valence-electron chi connectivity index (χ3n) is 3.11. The van der Waals surface area contributed by atoms with E-state index >= 15 is 0 Å². The van der Waals surface area contributed by atoms with Crippen LogP contribution in [0.25, 0.3) is 0 Å². The topological polar surface area (TPSA) is 80.3 Å². The first-order valence-corrected chi connectivity index (χ1v) is 7.33. The van der Waals surface area contributed by atoms with Crippen LogP contribution in [-0.2, 0) is 4.74 Å². The van der Waals surface area contributed by atoms with Crippen molar-refractivity contribution in [1.29, 1.82) is 0 Å². The minimum atomic E-state index is -0.454. The molecule has 2 aromatic rings. The number of amides is 1. The summed E-state index contributed by atoms with van der Waals surface area (Å²) in [4.78, 5) is 27.9. The van der Waals surface area contributed by atoms with Crippen molar-refractivity contribution >= 4 is 23.3 Å². The van der Waals surface area contributed by atoms with Crippen LogP contribution in [0.15, 0.2) is 42.6 Å². The molecule has 2 rings (SSSR count). The lowest BCUT2D eigenvalue weighted by Gasteiger charge is -2.08. The normalized spacial score (nSPS) is 10.0. The van der Waals surface area contributed by atoms with Crippen molar-refractivity contribution in [2.24, 2.45) is 0 Å². The van der Waals surface area contributed by atoms with Gasteiger partial charge < -0.3 is 15.4 Å². The van der Waals surface area contributed by atoms with Crippen LogP contribution < -0.4 is 10.6 Å². The van der Waals surface area contributed by atoms with Crippen LogP contribution in [0.4, 0.5) is 11.4 Å². The molecule has 0 saturated carbocycles. The maximum absolute atomic E-state index is 12.3. The molecular formula is C17H19N3O3. The molecule has 0 aliphatic carbocycles. The number of hydrogen-bond donors (Lipinski definition) is 2. The first kappa shape index (κ1) is 16.5. The summed E-state index contributed by atoms with van der Waals surface area (Å²) in [6, 6.07) is 10.1. The number of nitrogens with one attached hydrogen (secondary N) is 2. The van der Waals surface area contributed by atoms with Gasteiger partial charge in [0, 0.05) is 24.1 Å². The number of aromatic nitrogens is 1. The number of hydrogen-bond acceptors (Lipinski definition) is 5. The Morgan fingerprint density at radius 2 is 2.00 bits per heavy atom. The standard InChI is InChI=1S/C17H19N3O3/c1-3-8-18-13-7-9-19-15(11-13)16(21)20-14-6-4-5-12(10-14)17(22)23-2/h4-7,9-11H,3,8H2,1-2H3,(H,18,19)(H,20,21). The van der Waals surface area contributed by atoms with E-state index < -0.39 is 5.97 Å². The minimum Gasteiger partial charge on any atom is -0.465 e. The van der Waals surface area contributed by atoms with Crippen molar-refractivity contribution in [1.82, 2.24) is 4.98 Å². The summed E-state index contributed by atoms with van der Waals surface area (Å²) in [5.41, 5.74) is 2.02. The largest absolute Gasteiger partial charge is 0.465 e. The van der Waals surface area contributed by atoms with E-state index in [-0.39, 0.29) is 5.91 Å². The van der Waals surface area contributed by atoms with Gasteiger partial charge in [-0.1, -0.05) is 13.0 Å². The van der Waals surface area contributed by atoms with E-state index in [0.717, 1.165) is 18.7 Å². The predicted molar refractivity (Wildman–Crippen MR) is 88.8 cm³/mol. The van der Waals surface area contributed by atoms with Gasteiger partial charge in [0.2, 0.25) is 0 Å². The van der Waals surface area contributed by atoms with Crippen molar-refractivity contribution in [3.05, 3.63) is 53.9 Å². The number of rotatable bonds is 6. The third-order valence-corrected chi connectivity index (χ3v) is 3.11. The average Bonchev–Trinajstić information content (AvgIpc) is 2.59. The predicted octanol–water partition coefficient (Wildman–Crippen LogP) is 2.94. The first-order chi connectivity index (χ1) is 11.1. The SMILES string of the molecule is CCCNc1ccnc(C(=O)Nc2cccc(C(=O)OC)c2)c1. The van der Waals surface area contributed by atoms with Crippen LogP contribution in [-0.4, -0.2) is 30.5 Å². The molecule has 0 radical (unpaired) electrons. The van der Waals surface area contributed by atoms with Gasteiger partial charge in [0.15, 0.2) is 0 Å². The molecule has 1 amide bonds. The molecule has 0 bridgehead atoms. The van der Waals surface area contributed by atoms with Gasteiger partial charge in [-0.05, 0) is 36.8 Å². The molecule has 0 unspecified atom stereocenters. The van der Waals surface area contributed by atoms with Crippen LogP contribution in [0.2, 0.25) is 0 Å². The van der Waals surface area contributed by atoms with Gasteiger partial charge in [-0.3, -0.25) is 9.78 Å². The summed E-state index contributed by atoms with van der Waals surface area (Å²) in [7, 11) is 1.31. The Balaban J connectivity index is 2.11. The van der Waals surface area contributed by atoms with Gasteiger partial charge in [-0.25, -0.2) is 4.79 Å². The maximum Gasteiger partial charge on any atom is 0.337 e. The smallest absolute Gasteiger partial charge is 0.337 e. The second-order valence-electron chi connectivity index (χ2n) is 4.88.